The van der Waals surface area contributed by atoms with E-state index in [2.05, 4.69) is 5.32 Å². The van der Waals surface area contributed by atoms with Crippen LogP contribution in [0.2, 0.25) is 0 Å². The van der Waals surface area contributed by atoms with Crippen molar-refractivity contribution >= 4 is 5.97 Å². The minimum atomic E-state index is -0.616. The lowest BCUT2D eigenvalue weighted by Gasteiger charge is -2.29. The van der Waals surface area contributed by atoms with Crippen LogP contribution >= 0.6 is 0 Å². The Labute approximate surface area is 65.8 Å². The number of aliphatic carboxylic acids is 1. The average molecular weight is 155 g/mol. The van der Waals surface area contributed by atoms with Gasteiger partial charge in [-0.05, 0) is 32.2 Å². The summed E-state index contributed by atoms with van der Waals surface area (Å²) < 4.78 is 0. The number of hydrogen-bond donors (Lipinski definition) is 2. The summed E-state index contributed by atoms with van der Waals surface area (Å²) in [6.45, 7) is 1.00. The molecule has 1 spiro atoms. The molecule has 62 valence electrons. The summed E-state index contributed by atoms with van der Waals surface area (Å²) >= 11 is 0. The lowest BCUT2D eigenvalue weighted by molar-refractivity contribution is -0.144. The van der Waals surface area contributed by atoms with E-state index < -0.39 is 5.97 Å². The minimum absolute atomic E-state index is 0.0179. The normalized spacial score (nSPS) is 33.6. The molecule has 1 aliphatic heterocycles. The third-order valence-corrected chi connectivity index (χ3v) is 2.90. The van der Waals surface area contributed by atoms with Crippen LogP contribution in [0.25, 0.3) is 0 Å². The molecule has 0 radical (unpaired) electrons. The Bertz CT molecular complexity index is 187. The Kier molecular flexibility index (Phi) is 1.42. The van der Waals surface area contributed by atoms with Crippen molar-refractivity contribution in [2.75, 3.05) is 6.54 Å². The highest BCUT2D eigenvalue weighted by Crippen LogP contribution is 2.46. The van der Waals surface area contributed by atoms with Gasteiger partial charge in [-0.1, -0.05) is 0 Å². The molecule has 1 unspecified atom stereocenters. The molecule has 3 nitrogen and oxygen atoms in total. The quantitative estimate of drug-likeness (QED) is 0.583. The molecule has 2 fully saturated rings. The van der Waals surface area contributed by atoms with Gasteiger partial charge >= 0.3 is 5.97 Å². The molecule has 1 saturated carbocycles. The fourth-order valence-electron chi connectivity index (χ4n) is 2.06. The second-order valence-corrected chi connectivity index (χ2v) is 3.62. The Hall–Kier alpha value is -0.570. The van der Waals surface area contributed by atoms with Gasteiger partial charge in [-0.3, -0.25) is 4.79 Å². The summed E-state index contributed by atoms with van der Waals surface area (Å²) in [6.07, 6.45) is 4.00. The van der Waals surface area contributed by atoms with Gasteiger partial charge in [-0.25, -0.2) is 0 Å². The Morgan fingerprint density at radius 3 is 2.73 bits per heavy atom. The van der Waals surface area contributed by atoms with E-state index in [0.717, 1.165) is 32.2 Å². The van der Waals surface area contributed by atoms with E-state index in [1.807, 2.05) is 0 Å². The molecule has 0 amide bonds. The molecule has 11 heavy (non-hydrogen) atoms. The third kappa shape index (κ3) is 1.03. The number of nitrogens with one attached hydrogen (secondary N) is 1. The summed E-state index contributed by atoms with van der Waals surface area (Å²) in [6, 6.07) is 0. The first kappa shape index (κ1) is 7.10. The summed E-state index contributed by atoms with van der Waals surface area (Å²) in [4.78, 5) is 10.8. The van der Waals surface area contributed by atoms with Crippen LogP contribution in [0.15, 0.2) is 0 Å². The molecular formula is C8H13NO2. The summed E-state index contributed by atoms with van der Waals surface area (Å²) in [7, 11) is 0. The van der Waals surface area contributed by atoms with Gasteiger partial charge in [-0.2, -0.15) is 0 Å². The first-order valence-electron chi connectivity index (χ1n) is 4.22. The highest BCUT2D eigenvalue weighted by atomic mass is 16.4. The van der Waals surface area contributed by atoms with Gasteiger partial charge in [-0.15, -0.1) is 0 Å². The van der Waals surface area contributed by atoms with Gasteiger partial charge in [0.2, 0.25) is 0 Å². The van der Waals surface area contributed by atoms with Crippen molar-refractivity contribution < 1.29 is 9.90 Å². The van der Waals surface area contributed by atoms with Gasteiger partial charge < -0.3 is 10.4 Å². The topological polar surface area (TPSA) is 49.3 Å². The van der Waals surface area contributed by atoms with E-state index in [9.17, 15) is 4.79 Å². The molecule has 1 atom stereocenters. The van der Waals surface area contributed by atoms with Crippen molar-refractivity contribution in [3.05, 3.63) is 0 Å². The SMILES string of the molecule is O=C(O)C1CCCNC12CC2. The van der Waals surface area contributed by atoms with Crippen molar-refractivity contribution in [3.8, 4) is 0 Å². The van der Waals surface area contributed by atoms with Crippen LogP contribution in [0.3, 0.4) is 0 Å². The molecule has 1 heterocycles. The van der Waals surface area contributed by atoms with Gasteiger partial charge in [0.05, 0.1) is 5.92 Å². The average Bonchev–Trinajstić information content (AvgIpc) is 2.70. The van der Waals surface area contributed by atoms with Crippen molar-refractivity contribution in [3.63, 3.8) is 0 Å². The summed E-state index contributed by atoms with van der Waals surface area (Å²) in [5.74, 6) is -0.731. The number of carboxylic acid groups (broad SMARTS) is 1. The number of carbonyl (C=O) groups is 1. The van der Waals surface area contributed by atoms with Crippen molar-refractivity contribution in [1.82, 2.24) is 5.32 Å². The van der Waals surface area contributed by atoms with Crippen LogP contribution in [0.5, 0.6) is 0 Å². The van der Waals surface area contributed by atoms with Gasteiger partial charge in [0.1, 0.15) is 0 Å². The molecule has 2 aliphatic rings. The highest BCUT2D eigenvalue weighted by Gasteiger charge is 2.53. The monoisotopic (exact) mass is 155 g/mol. The summed E-state index contributed by atoms with van der Waals surface area (Å²) in [5, 5.41) is 12.2. The fourth-order valence-corrected chi connectivity index (χ4v) is 2.06. The molecule has 2 rings (SSSR count). The highest BCUT2D eigenvalue weighted by molar-refractivity contribution is 5.72. The predicted molar refractivity (Wildman–Crippen MR) is 40.3 cm³/mol. The molecule has 1 saturated heterocycles. The predicted octanol–water partition coefficient (Wildman–Crippen LogP) is 0.603. The zero-order valence-electron chi connectivity index (χ0n) is 6.47. The molecule has 0 aromatic rings. The van der Waals surface area contributed by atoms with E-state index in [0.29, 0.717) is 0 Å². The zero-order chi connectivity index (χ0) is 7.90. The number of carboxylic acids is 1. The van der Waals surface area contributed by atoms with Crippen LogP contribution in [0.1, 0.15) is 25.7 Å². The fraction of sp³-hybridized carbons (Fsp3) is 0.875. The summed E-state index contributed by atoms with van der Waals surface area (Å²) in [5.41, 5.74) is 0.0179. The first-order valence-corrected chi connectivity index (χ1v) is 4.22. The van der Waals surface area contributed by atoms with Crippen LogP contribution in [0, 0.1) is 5.92 Å². The van der Waals surface area contributed by atoms with Gasteiger partial charge in [0.15, 0.2) is 0 Å². The number of piperidine rings is 1. The molecule has 0 aromatic heterocycles. The number of rotatable bonds is 1. The van der Waals surface area contributed by atoms with Gasteiger partial charge in [0, 0.05) is 5.54 Å². The maximum absolute atomic E-state index is 10.8. The maximum Gasteiger partial charge on any atom is 0.308 e. The number of hydrogen-bond acceptors (Lipinski definition) is 2. The Balaban J connectivity index is 2.10. The van der Waals surface area contributed by atoms with E-state index >= 15 is 0 Å². The lowest BCUT2D eigenvalue weighted by atomic mass is 9.89. The zero-order valence-corrected chi connectivity index (χ0v) is 6.47. The smallest absolute Gasteiger partial charge is 0.308 e. The molecular weight excluding hydrogens is 142 g/mol. The van der Waals surface area contributed by atoms with Crippen molar-refractivity contribution in [2.24, 2.45) is 5.92 Å². The first-order chi connectivity index (χ1) is 5.25. The standard InChI is InChI=1S/C8H13NO2/c10-7(11)6-2-1-5-9-8(6)3-4-8/h6,9H,1-5H2,(H,10,11). The second kappa shape index (κ2) is 2.21. The molecule has 3 heteroatoms. The van der Waals surface area contributed by atoms with Gasteiger partial charge in [0.25, 0.3) is 0 Å². The van der Waals surface area contributed by atoms with Crippen molar-refractivity contribution in [2.45, 2.75) is 31.2 Å². The lowest BCUT2D eigenvalue weighted by Crippen LogP contribution is -2.46. The van der Waals surface area contributed by atoms with Crippen LogP contribution < -0.4 is 5.32 Å². The van der Waals surface area contributed by atoms with Crippen LogP contribution in [0.4, 0.5) is 0 Å². The third-order valence-electron chi connectivity index (χ3n) is 2.90. The van der Waals surface area contributed by atoms with E-state index in [1.165, 1.54) is 0 Å². The molecule has 1 aliphatic carbocycles. The van der Waals surface area contributed by atoms with E-state index in [-0.39, 0.29) is 11.5 Å². The molecule has 2 N–H and O–H groups in total. The van der Waals surface area contributed by atoms with E-state index in [4.69, 9.17) is 5.11 Å². The molecule has 0 aromatic carbocycles. The second-order valence-electron chi connectivity index (χ2n) is 3.62. The largest absolute Gasteiger partial charge is 0.481 e. The van der Waals surface area contributed by atoms with Crippen LogP contribution in [-0.2, 0) is 4.79 Å². The Morgan fingerprint density at radius 2 is 2.27 bits per heavy atom. The maximum atomic E-state index is 10.8. The van der Waals surface area contributed by atoms with E-state index in [1.54, 1.807) is 0 Å². The molecule has 0 bridgehead atoms. The Morgan fingerprint density at radius 1 is 1.55 bits per heavy atom. The minimum Gasteiger partial charge on any atom is -0.481 e. The van der Waals surface area contributed by atoms with Crippen molar-refractivity contribution in [1.29, 1.82) is 0 Å². The van der Waals surface area contributed by atoms with Crippen LogP contribution in [-0.4, -0.2) is 23.2 Å².